The van der Waals surface area contributed by atoms with E-state index in [1.807, 2.05) is 77.9 Å². The van der Waals surface area contributed by atoms with Crippen molar-refractivity contribution in [2.75, 3.05) is 13.2 Å². The predicted molar refractivity (Wildman–Crippen MR) is 125 cm³/mol. The van der Waals surface area contributed by atoms with Crippen LogP contribution in [0.2, 0.25) is 0 Å². The molecule has 0 aliphatic heterocycles. The first-order chi connectivity index (χ1) is 15.2. The van der Waals surface area contributed by atoms with Gasteiger partial charge in [0, 0.05) is 21.5 Å². The van der Waals surface area contributed by atoms with E-state index in [2.05, 4.69) is 0 Å². The Kier molecular flexibility index (Phi) is 7.23. The molecule has 3 aromatic rings. The lowest BCUT2D eigenvalue weighted by Crippen LogP contribution is -2.16. The van der Waals surface area contributed by atoms with E-state index in [1.165, 1.54) is 0 Å². The fraction of sp³-hybridized carbons (Fsp3) is 0.385. The van der Waals surface area contributed by atoms with Crippen LogP contribution in [0.3, 0.4) is 0 Å². The van der Waals surface area contributed by atoms with Crippen LogP contribution < -0.4 is 9.47 Å². The minimum atomic E-state index is -0.770. The number of carbonyl (C=O) groups is 2. The molecule has 0 unspecified atom stereocenters. The Balaban J connectivity index is 2.18. The fourth-order valence-corrected chi connectivity index (χ4v) is 3.37. The molecule has 6 nitrogen and oxygen atoms in total. The molecule has 0 aliphatic rings. The molecule has 0 saturated heterocycles. The maximum Gasteiger partial charge on any atom is 0.513 e. The van der Waals surface area contributed by atoms with Crippen molar-refractivity contribution in [3.05, 3.63) is 47.5 Å². The first-order valence-electron chi connectivity index (χ1n) is 10.8. The predicted octanol–water partition coefficient (Wildman–Crippen LogP) is 6.95. The minimum absolute atomic E-state index is 0.188. The first-order valence-corrected chi connectivity index (χ1v) is 10.8. The molecule has 0 amide bonds. The van der Waals surface area contributed by atoms with Crippen LogP contribution in [-0.4, -0.2) is 25.5 Å². The summed E-state index contributed by atoms with van der Waals surface area (Å²) in [5, 5.41) is 2.62. The summed E-state index contributed by atoms with van der Waals surface area (Å²) in [5.74, 6) is 1.13. The number of fused-ring (bicyclic) bond motifs is 2. The van der Waals surface area contributed by atoms with E-state index in [-0.39, 0.29) is 25.0 Å². The molecule has 3 aromatic carbocycles. The Labute approximate surface area is 188 Å². The lowest BCUT2D eigenvalue weighted by molar-refractivity contribution is 0.0879. The smallest absolute Gasteiger partial charge is 0.434 e. The van der Waals surface area contributed by atoms with Crippen molar-refractivity contribution >= 4 is 33.9 Å². The highest BCUT2D eigenvalue weighted by atomic mass is 16.7. The second kappa shape index (κ2) is 9.90. The summed E-state index contributed by atoms with van der Waals surface area (Å²) in [6.45, 7) is 12.3. The SMILES string of the molecule is Cc1ccc2c(OC(=O)OCC(C)C)c3ccccc3c(OC(=O)OCC(C)C)c2c1C. The topological polar surface area (TPSA) is 71.1 Å². The number of benzene rings is 3. The van der Waals surface area contributed by atoms with Gasteiger partial charge in [-0.1, -0.05) is 64.1 Å². The summed E-state index contributed by atoms with van der Waals surface area (Å²) < 4.78 is 21.9. The third-order valence-corrected chi connectivity index (χ3v) is 5.06. The molecular formula is C26H30O6. The van der Waals surface area contributed by atoms with Crippen LogP contribution in [0.15, 0.2) is 36.4 Å². The van der Waals surface area contributed by atoms with Crippen LogP contribution in [0, 0.1) is 25.7 Å². The number of rotatable bonds is 6. The second-order valence-corrected chi connectivity index (χ2v) is 8.75. The van der Waals surface area contributed by atoms with Gasteiger partial charge in [0.2, 0.25) is 0 Å². The second-order valence-electron chi connectivity index (χ2n) is 8.75. The third kappa shape index (κ3) is 5.13. The molecule has 0 fully saturated rings. The van der Waals surface area contributed by atoms with Gasteiger partial charge in [0.25, 0.3) is 0 Å². The summed E-state index contributed by atoms with van der Waals surface area (Å²) in [6, 6.07) is 11.1. The van der Waals surface area contributed by atoms with Crippen molar-refractivity contribution in [3.8, 4) is 11.5 Å². The largest absolute Gasteiger partial charge is 0.513 e. The van der Waals surface area contributed by atoms with Gasteiger partial charge in [-0.2, -0.15) is 0 Å². The monoisotopic (exact) mass is 438 g/mol. The van der Waals surface area contributed by atoms with E-state index >= 15 is 0 Å². The Morgan fingerprint density at radius 2 is 1.22 bits per heavy atom. The van der Waals surface area contributed by atoms with Crippen LogP contribution in [0.25, 0.3) is 21.5 Å². The molecule has 0 atom stereocenters. The van der Waals surface area contributed by atoms with Crippen LogP contribution in [0.1, 0.15) is 38.8 Å². The van der Waals surface area contributed by atoms with Gasteiger partial charge in [-0.15, -0.1) is 0 Å². The standard InChI is InChI=1S/C26H30O6/c1-15(2)13-29-25(27)31-23-19-9-7-8-10-20(19)24(32-26(28)30-14-16(3)4)22-18(6)17(5)11-12-21(22)23/h7-12,15-16H,13-14H2,1-6H3. The van der Waals surface area contributed by atoms with Crippen molar-refractivity contribution in [2.45, 2.75) is 41.5 Å². The Hall–Kier alpha value is -3.28. The molecule has 0 saturated carbocycles. The molecule has 3 rings (SSSR count). The van der Waals surface area contributed by atoms with Gasteiger partial charge < -0.3 is 18.9 Å². The van der Waals surface area contributed by atoms with Crippen molar-refractivity contribution in [2.24, 2.45) is 11.8 Å². The van der Waals surface area contributed by atoms with Gasteiger partial charge in [-0.25, -0.2) is 9.59 Å². The van der Waals surface area contributed by atoms with Gasteiger partial charge in [0.1, 0.15) is 5.75 Å². The lowest BCUT2D eigenvalue weighted by atomic mass is 9.95. The van der Waals surface area contributed by atoms with Gasteiger partial charge in [0.05, 0.1) is 13.2 Å². The first kappa shape index (κ1) is 23.4. The number of hydrogen-bond acceptors (Lipinski definition) is 6. The highest BCUT2D eigenvalue weighted by molar-refractivity contribution is 6.13. The van der Waals surface area contributed by atoms with E-state index in [4.69, 9.17) is 18.9 Å². The molecule has 32 heavy (non-hydrogen) atoms. The summed E-state index contributed by atoms with van der Waals surface area (Å²) in [5.41, 5.74) is 1.93. The molecule has 6 heteroatoms. The van der Waals surface area contributed by atoms with Crippen LogP contribution in [0.4, 0.5) is 9.59 Å². The van der Waals surface area contributed by atoms with Gasteiger partial charge in [-0.05, 0) is 36.8 Å². The maximum atomic E-state index is 12.5. The molecule has 170 valence electrons. The van der Waals surface area contributed by atoms with E-state index in [1.54, 1.807) is 0 Å². The van der Waals surface area contributed by atoms with Gasteiger partial charge >= 0.3 is 12.3 Å². The molecule has 0 N–H and O–H groups in total. The summed E-state index contributed by atoms with van der Waals surface area (Å²) in [6.07, 6.45) is -1.54. The highest BCUT2D eigenvalue weighted by Crippen LogP contribution is 2.45. The molecule has 0 aliphatic carbocycles. The molecular weight excluding hydrogens is 408 g/mol. The molecule has 0 bridgehead atoms. The summed E-state index contributed by atoms with van der Waals surface area (Å²) >= 11 is 0. The van der Waals surface area contributed by atoms with E-state index < -0.39 is 12.3 Å². The van der Waals surface area contributed by atoms with Crippen molar-refractivity contribution in [1.29, 1.82) is 0 Å². The zero-order valence-corrected chi connectivity index (χ0v) is 19.5. The zero-order valence-electron chi connectivity index (χ0n) is 19.5. The fourth-order valence-electron chi connectivity index (χ4n) is 3.37. The number of carbonyl (C=O) groups excluding carboxylic acids is 2. The number of ether oxygens (including phenoxy) is 4. The normalized spacial score (nSPS) is 11.2. The van der Waals surface area contributed by atoms with E-state index in [0.717, 1.165) is 11.1 Å². The minimum Gasteiger partial charge on any atom is -0.434 e. The lowest BCUT2D eigenvalue weighted by Gasteiger charge is -2.18. The molecule has 0 heterocycles. The van der Waals surface area contributed by atoms with Gasteiger partial charge in [0.15, 0.2) is 5.75 Å². The van der Waals surface area contributed by atoms with Crippen molar-refractivity contribution in [1.82, 2.24) is 0 Å². The molecule has 0 radical (unpaired) electrons. The number of aryl methyl sites for hydroxylation is 2. The van der Waals surface area contributed by atoms with Crippen LogP contribution >= 0.6 is 0 Å². The van der Waals surface area contributed by atoms with Crippen molar-refractivity contribution < 1.29 is 28.5 Å². The summed E-state index contributed by atoms with van der Waals surface area (Å²) in [7, 11) is 0. The molecule has 0 aromatic heterocycles. The Bertz CT molecular complexity index is 1150. The highest BCUT2D eigenvalue weighted by Gasteiger charge is 2.23. The van der Waals surface area contributed by atoms with E-state index in [0.29, 0.717) is 33.0 Å². The third-order valence-electron chi connectivity index (χ3n) is 5.06. The van der Waals surface area contributed by atoms with E-state index in [9.17, 15) is 9.59 Å². The van der Waals surface area contributed by atoms with Crippen LogP contribution in [-0.2, 0) is 9.47 Å². The Morgan fingerprint density at radius 1 is 0.719 bits per heavy atom. The van der Waals surface area contributed by atoms with Crippen LogP contribution in [0.5, 0.6) is 11.5 Å². The average Bonchev–Trinajstić information content (AvgIpc) is 2.75. The average molecular weight is 439 g/mol. The van der Waals surface area contributed by atoms with Crippen molar-refractivity contribution in [3.63, 3.8) is 0 Å². The van der Waals surface area contributed by atoms with Gasteiger partial charge in [-0.3, -0.25) is 0 Å². The zero-order chi connectivity index (χ0) is 23.4. The maximum absolute atomic E-state index is 12.5. The quantitative estimate of drug-likeness (QED) is 0.235. The molecule has 0 spiro atoms. The summed E-state index contributed by atoms with van der Waals surface area (Å²) in [4.78, 5) is 24.9. The number of hydrogen-bond donors (Lipinski definition) is 0. The Morgan fingerprint density at radius 3 is 1.75 bits per heavy atom.